The van der Waals surface area contributed by atoms with Gasteiger partial charge in [0.05, 0.1) is 6.10 Å². The summed E-state index contributed by atoms with van der Waals surface area (Å²) < 4.78 is 11.0. The van der Waals surface area contributed by atoms with Crippen molar-refractivity contribution in [3.63, 3.8) is 0 Å². The van der Waals surface area contributed by atoms with Gasteiger partial charge in [0.25, 0.3) is 5.91 Å². The van der Waals surface area contributed by atoms with E-state index >= 15 is 0 Å². The number of carbonyl (C=O) groups is 4. The Morgan fingerprint density at radius 3 is 2.37 bits per heavy atom. The van der Waals surface area contributed by atoms with Gasteiger partial charge in [-0.05, 0) is 42.9 Å². The molecule has 0 aromatic carbocycles. The van der Waals surface area contributed by atoms with E-state index in [9.17, 15) is 24.3 Å². The minimum absolute atomic E-state index is 0.0635. The molecule has 0 spiro atoms. The van der Waals surface area contributed by atoms with Gasteiger partial charge in [-0.25, -0.2) is 14.9 Å². The molecule has 194 valence electrons. The van der Waals surface area contributed by atoms with E-state index in [1.165, 1.54) is 0 Å². The Morgan fingerprint density at radius 1 is 1.14 bits per heavy atom. The van der Waals surface area contributed by atoms with Crippen LogP contribution < -0.4 is 11.1 Å². The van der Waals surface area contributed by atoms with Gasteiger partial charge in [0.15, 0.2) is 5.60 Å². The van der Waals surface area contributed by atoms with E-state index in [1.807, 2.05) is 20.8 Å². The summed E-state index contributed by atoms with van der Waals surface area (Å²) in [5.41, 5.74) is 2.05. The summed E-state index contributed by atoms with van der Waals surface area (Å²) >= 11 is 0. The molecule has 2 bridgehead atoms. The number of aliphatic hydroxyl groups is 1. The first-order valence-corrected chi connectivity index (χ1v) is 12.6. The lowest BCUT2D eigenvalue weighted by Crippen LogP contribution is -2.63. The smallest absolute Gasteiger partial charge is 0.417 e. The number of carbonyl (C=O) groups excluding carboxylic acids is 4. The summed E-state index contributed by atoms with van der Waals surface area (Å²) in [7, 11) is 0. The fourth-order valence-corrected chi connectivity index (χ4v) is 7.46. The fraction of sp³-hybridized carbons (Fsp3) is 0.769. The Morgan fingerprint density at radius 2 is 1.80 bits per heavy atom. The Kier molecular flexibility index (Phi) is 6.10. The minimum Gasteiger partial charge on any atom is -0.445 e. The molecule has 9 heteroatoms. The molecule has 0 radical (unpaired) electrons. The number of nitrogens with two attached hydrogens (primary N) is 1. The van der Waals surface area contributed by atoms with Crippen LogP contribution in [0.1, 0.15) is 72.6 Å². The molecule has 0 aliphatic heterocycles. The van der Waals surface area contributed by atoms with E-state index in [4.69, 9.17) is 15.2 Å². The summed E-state index contributed by atoms with van der Waals surface area (Å²) in [5.74, 6) is -1.06. The zero-order chi connectivity index (χ0) is 26.0. The summed E-state index contributed by atoms with van der Waals surface area (Å²) in [4.78, 5) is 50.1. The monoisotopic (exact) mass is 490 g/mol. The van der Waals surface area contributed by atoms with Crippen molar-refractivity contribution in [1.29, 1.82) is 0 Å². The molecule has 4 fully saturated rings. The lowest BCUT2D eigenvalue weighted by Gasteiger charge is -2.61. The number of alkyl carbamates (subject to hydrolysis) is 2. The number of rotatable bonds is 4. The Bertz CT molecular complexity index is 961. The van der Waals surface area contributed by atoms with E-state index in [0.717, 1.165) is 12.8 Å². The molecule has 8 atom stereocenters. The van der Waals surface area contributed by atoms with Gasteiger partial charge in [0.2, 0.25) is 0 Å². The van der Waals surface area contributed by atoms with Gasteiger partial charge >= 0.3 is 12.2 Å². The van der Waals surface area contributed by atoms with Crippen molar-refractivity contribution in [2.45, 2.75) is 90.4 Å². The molecule has 4 saturated carbocycles. The summed E-state index contributed by atoms with van der Waals surface area (Å²) in [6.07, 6.45) is 1.69. The van der Waals surface area contributed by atoms with Crippen LogP contribution in [0.5, 0.6) is 0 Å². The molecule has 4 N–H and O–H groups in total. The normalized spacial score (nSPS) is 43.7. The van der Waals surface area contributed by atoms with Gasteiger partial charge < -0.3 is 20.3 Å². The van der Waals surface area contributed by atoms with Crippen LogP contribution in [-0.2, 0) is 19.1 Å². The molecule has 3 amide bonds. The van der Waals surface area contributed by atoms with Gasteiger partial charge in [-0.2, -0.15) is 0 Å². The molecule has 4 rings (SSSR count). The number of nitrogens with one attached hydrogen (secondary N) is 1. The maximum absolute atomic E-state index is 13.4. The van der Waals surface area contributed by atoms with E-state index in [1.54, 1.807) is 6.08 Å². The van der Waals surface area contributed by atoms with Crippen molar-refractivity contribution in [2.75, 3.05) is 0 Å². The van der Waals surface area contributed by atoms with Crippen LogP contribution in [0, 0.1) is 34.0 Å². The second-order valence-electron chi connectivity index (χ2n) is 11.9. The third kappa shape index (κ3) is 3.77. The maximum atomic E-state index is 13.4. The van der Waals surface area contributed by atoms with Gasteiger partial charge in [0.1, 0.15) is 11.9 Å². The van der Waals surface area contributed by atoms with Crippen LogP contribution in [-0.4, -0.2) is 46.8 Å². The first-order valence-electron chi connectivity index (χ1n) is 12.6. The number of ether oxygens (including phenoxy) is 2. The largest absolute Gasteiger partial charge is 0.445 e. The Hall–Kier alpha value is -2.42. The second kappa shape index (κ2) is 8.32. The van der Waals surface area contributed by atoms with Crippen molar-refractivity contribution in [2.24, 2.45) is 39.7 Å². The molecular formula is C26H38N2O7. The van der Waals surface area contributed by atoms with Gasteiger partial charge in [0, 0.05) is 36.0 Å². The Labute approximate surface area is 206 Å². The highest BCUT2D eigenvalue weighted by Crippen LogP contribution is 2.68. The molecule has 35 heavy (non-hydrogen) atoms. The first-order chi connectivity index (χ1) is 16.3. The third-order valence-electron chi connectivity index (χ3n) is 10.2. The number of hydrogen-bond donors (Lipinski definition) is 3. The number of primary amides is 1. The summed E-state index contributed by atoms with van der Waals surface area (Å²) in [6, 6.07) is 0. The van der Waals surface area contributed by atoms with Crippen molar-refractivity contribution in [3.8, 4) is 0 Å². The summed E-state index contributed by atoms with van der Waals surface area (Å²) in [6.45, 7) is 12.0. The minimum atomic E-state index is -1.37. The average Bonchev–Trinajstić information content (AvgIpc) is 3.49. The number of aliphatic hydroxyl groups excluding tert-OH is 1. The van der Waals surface area contributed by atoms with E-state index in [0.29, 0.717) is 25.7 Å². The highest BCUT2D eigenvalue weighted by molar-refractivity contribution is 5.93. The zero-order valence-corrected chi connectivity index (χ0v) is 21.1. The van der Waals surface area contributed by atoms with Crippen LogP contribution in [0.4, 0.5) is 9.59 Å². The Balaban J connectivity index is 1.66. The second-order valence-corrected chi connectivity index (χ2v) is 11.9. The highest BCUT2D eigenvalue weighted by atomic mass is 16.6. The quantitative estimate of drug-likeness (QED) is 0.513. The van der Waals surface area contributed by atoms with Gasteiger partial charge in [-0.1, -0.05) is 33.8 Å². The van der Waals surface area contributed by atoms with E-state index in [-0.39, 0.29) is 35.4 Å². The van der Waals surface area contributed by atoms with E-state index in [2.05, 4.69) is 18.8 Å². The molecule has 4 aliphatic rings. The topological polar surface area (TPSA) is 145 Å². The SMILES string of the molecule is C=C[C@]1(C)C[C@@H](OC(=O)NC(=O)OC2(C(N)=O)CC2)[C@@]2(C)C(C)CC[C@]3(CCC(=O)[C@H]32)[C@@H](C)[C@@H]1O. The number of amides is 3. The highest BCUT2D eigenvalue weighted by Gasteiger charge is 2.68. The molecule has 4 aliphatic carbocycles. The van der Waals surface area contributed by atoms with Crippen molar-refractivity contribution < 1.29 is 33.8 Å². The molecule has 1 unspecified atom stereocenters. The van der Waals surface area contributed by atoms with Crippen LogP contribution in [0.2, 0.25) is 0 Å². The van der Waals surface area contributed by atoms with Gasteiger partial charge in [-0.15, -0.1) is 6.58 Å². The predicted octanol–water partition coefficient (Wildman–Crippen LogP) is 3.23. The number of Topliss-reactive ketones (excluding diaryl/α,β-unsaturated/α-hetero) is 1. The third-order valence-corrected chi connectivity index (χ3v) is 10.2. The predicted molar refractivity (Wildman–Crippen MR) is 126 cm³/mol. The molecule has 9 nitrogen and oxygen atoms in total. The van der Waals surface area contributed by atoms with Crippen molar-refractivity contribution in [1.82, 2.24) is 5.32 Å². The van der Waals surface area contributed by atoms with Crippen LogP contribution in [0.3, 0.4) is 0 Å². The lowest BCUT2D eigenvalue weighted by atomic mass is 9.44. The van der Waals surface area contributed by atoms with Gasteiger partial charge in [-0.3, -0.25) is 9.59 Å². The van der Waals surface area contributed by atoms with E-state index < -0.39 is 46.7 Å². The maximum Gasteiger partial charge on any atom is 0.417 e. The number of imide groups is 1. The van der Waals surface area contributed by atoms with Crippen LogP contribution in [0.15, 0.2) is 12.7 Å². The summed E-state index contributed by atoms with van der Waals surface area (Å²) in [5, 5.41) is 13.6. The first kappa shape index (κ1) is 25.7. The molecular weight excluding hydrogens is 452 g/mol. The van der Waals surface area contributed by atoms with Crippen molar-refractivity contribution in [3.05, 3.63) is 12.7 Å². The zero-order valence-electron chi connectivity index (χ0n) is 21.1. The lowest BCUT2D eigenvalue weighted by molar-refractivity contribution is -0.191. The molecule has 0 heterocycles. The standard InChI is InChI=1S/C26H38N2O7/c1-6-23(4)13-17(34-21(32)28-22(33)35-26(11-12-26)20(27)31)24(5)14(2)7-9-25(15(3)19(23)30)10-8-16(29)18(24)25/h6,14-15,17-19,30H,1,7-13H2,2-5H3,(H2,27,31)(H,28,32,33)/t14?,15-,17+,18-,19-,23+,24+,25-/m0/s1. The number of hydrogen-bond acceptors (Lipinski definition) is 7. The fourth-order valence-electron chi connectivity index (χ4n) is 7.46. The molecule has 0 aromatic heterocycles. The molecule has 0 aromatic rings. The number of ketones is 1. The molecule has 0 saturated heterocycles. The van der Waals surface area contributed by atoms with Crippen molar-refractivity contribution >= 4 is 23.9 Å². The van der Waals surface area contributed by atoms with Crippen LogP contribution >= 0.6 is 0 Å². The average molecular weight is 491 g/mol. The van der Waals surface area contributed by atoms with Crippen LogP contribution in [0.25, 0.3) is 0 Å².